The van der Waals surface area contributed by atoms with Crippen molar-refractivity contribution in [3.63, 3.8) is 0 Å². The Labute approximate surface area is 154 Å². The number of carbonyl (C=O) groups is 1. The standard InChI is InChI=1S/C20H15FN2O2S/c21-16-8-6-15(7-9-16)20(18-5-2-10-26-18)23-19(24)13-25-17-4-1-3-14(11-17)12-22/h1-11,20H,13H2,(H,23,24)/t20-/m0/s1. The number of halogens is 1. The number of benzene rings is 2. The van der Waals surface area contributed by atoms with E-state index in [-0.39, 0.29) is 24.4 Å². The van der Waals surface area contributed by atoms with Gasteiger partial charge in [0.25, 0.3) is 5.91 Å². The normalized spacial score (nSPS) is 11.4. The molecule has 4 nitrogen and oxygen atoms in total. The van der Waals surface area contributed by atoms with Crippen molar-refractivity contribution in [1.29, 1.82) is 5.26 Å². The van der Waals surface area contributed by atoms with Crippen LogP contribution in [-0.2, 0) is 4.79 Å². The zero-order valence-corrected chi connectivity index (χ0v) is 14.5. The van der Waals surface area contributed by atoms with Gasteiger partial charge < -0.3 is 10.1 Å². The number of nitrogens with one attached hydrogen (secondary N) is 1. The monoisotopic (exact) mass is 366 g/mol. The van der Waals surface area contributed by atoms with Crippen LogP contribution in [0.1, 0.15) is 22.0 Å². The van der Waals surface area contributed by atoms with Crippen LogP contribution in [0, 0.1) is 17.1 Å². The Balaban J connectivity index is 1.69. The molecule has 6 heteroatoms. The molecule has 3 rings (SSSR count). The molecule has 1 atom stereocenters. The molecule has 130 valence electrons. The molecule has 0 aliphatic carbocycles. The number of hydrogen-bond acceptors (Lipinski definition) is 4. The molecule has 26 heavy (non-hydrogen) atoms. The second-order valence-corrected chi connectivity index (χ2v) is 6.48. The molecule has 0 spiro atoms. The molecule has 0 saturated heterocycles. The Kier molecular flexibility index (Phi) is 5.62. The van der Waals surface area contributed by atoms with E-state index in [2.05, 4.69) is 5.32 Å². The third kappa shape index (κ3) is 4.47. The van der Waals surface area contributed by atoms with E-state index in [0.717, 1.165) is 10.4 Å². The minimum absolute atomic E-state index is 0.183. The zero-order valence-electron chi connectivity index (χ0n) is 13.7. The van der Waals surface area contributed by atoms with Crippen LogP contribution >= 0.6 is 11.3 Å². The quantitative estimate of drug-likeness (QED) is 0.716. The molecular formula is C20H15FN2O2S. The summed E-state index contributed by atoms with van der Waals surface area (Å²) in [5.74, 6) is -0.186. The Morgan fingerprint density at radius 2 is 2.00 bits per heavy atom. The third-order valence-electron chi connectivity index (χ3n) is 3.67. The van der Waals surface area contributed by atoms with Gasteiger partial charge in [0.2, 0.25) is 0 Å². The number of amides is 1. The zero-order chi connectivity index (χ0) is 18.4. The second kappa shape index (κ2) is 8.28. The number of rotatable bonds is 6. The van der Waals surface area contributed by atoms with Crippen molar-refractivity contribution in [1.82, 2.24) is 5.32 Å². The van der Waals surface area contributed by atoms with E-state index in [9.17, 15) is 9.18 Å². The van der Waals surface area contributed by atoms with Crippen LogP contribution in [0.3, 0.4) is 0 Å². The van der Waals surface area contributed by atoms with Crippen LogP contribution in [0.5, 0.6) is 5.75 Å². The summed E-state index contributed by atoms with van der Waals surface area (Å²) >= 11 is 1.51. The van der Waals surface area contributed by atoms with Gasteiger partial charge in [0.05, 0.1) is 17.7 Å². The summed E-state index contributed by atoms with van der Waals surface area (Å²) in [5.41, 5.74) is 1.25. The lowest BCUT2D eigenvalue weighted by molar-refractivity contribution is -0.123. The molecule has 2 aromatic carbocycles. The highest BCUT2D eigenvalue weighted by Crippen LogP contribution is 2.26. The van der Waals surface area contributed by atoms with E-state index >= 15 is 0 Å². The molecular weight excluding hydrogens is 351 g/mol. The Morgan fingerprint density at radius 3 is 2.69 bits per heavy atom. The van der Waals surface area contributed by atoms with Crippen molar-refractivity contribution in [2.45, 2.75) is 6.04 Å². The topological polar surface area (TPSA) is 62.1 Å². The fraction of sp³-hybridized carbons (Fsp3) is 0.100. The largest absolute Gasteiger partial charge is 0.484 e. The average Bonchev–Trinajstić information content (AvgIpc) is 3.20. The van der Waals surface area contributed by atoms with Crippen LogP contribution in [0.2, 0.25) is 0 Å². The number of hydrogen-bond donors (Lipinski definition) is 1. The predicted molar refractivity (Wildman–Crippen MR) is 97.4 cm³/mol. The first-order valence-corrected chi connectivity index (χ1v) is 8.75. The lowest BCUT2D eigenvalue weighted by Gasteiger charge is -2.18. The highest BCUT2D eigenvalue weighted by molar-refractivity contribution is 7.10. The summed E-state index contributed by atoms with van der Waals surface area (Å²) in [6, 6.07) is 18.1. The first-order valence-electron chi connectivity index (χ1n) is 7.87. The smallest absolute Gasteiger partial charge is 0.258 e. The van der Waals surface area contributed by atoms with Gasteiger partial charge in [0, 0.05) is 4.88 Å². The van der Waals surface area contributed by atoms with Crippen LogP contribution in [0.25, 0.3) is 0 Å². The SMILES string of the molecule is N#Cc1cccc(OCC(=O)N[C@@H](c2ccc(F)cc2)c2cccs2)c1. The van der Waals surface area contributed by atoms with Crippen molar-refractivity contribution >= 4 is 17.2 Å². The summed E-state index contributed by atoms with van der Waals surface area (Å²) in [4.78, 5) is 13.3. The second-order valence-electron chi connectivity index (χ2n) is 5.50. The molecule has 0 unspecified atom stereocenters. The van der Waals surface area contributed by atoms with Crippen LogP contribution in [-0.4, -0.2) is 12.5 Å². The van der Waals surface area contributed by atoms with E-state index in [1.807, 2.05) is 23.6 Å². The van der Waals surface area contributed by atoms with Gasteiger partial charge in [-0.15, -0.1) is 11.3 Å². The van der Waals surface area contributed by atoms with E-state index in [1.165, 1.54) is 23.5 Å². The molecule has 1 heterocycles. The van der Waals surface area contributed by atoms with E-state index in [1.54, 1.807) is 36.4 Å². The number of thiophene rings is 1. The summed E-state index contributed by atoms with van der Waals surface area (Å²) in [6.45, 7) is -0.183. The van der Waals surface area contributed by atoms with Gasteiger partial charge in [0.15, 0.2) is 6.61 Å². The molecule has 0 fully saturated rings. The molecule has 0 aliphatic heterocycles. The Morgan fingerprint density at radius 1 is 1.19 bits per heavy atom. The van der Waals surface area contributed by atoms with Gasteiger partial charge in [0.1, 0.15) is 11.6 Å². The number of ether oxygens (including phenoxy) is 1. The maximum absolute atomic E-state index is 13.2. The fourth-order valence-electron chi connectivity index (χ4n) is 2.44. The highest BCUT2D eigenvalue weighted by Gasteiger charge is 2.18. The van der Waals surface area contributed by atoms with E-state index < -0.39 is 0 Å². The number of nitrogens with zero attached hydrogens (tertiary/aromatic N) is 1. The van der Waals surface area contributed by atoms with Crippen LogP contribution in [0.15, 0.2) is 66.0 Å². The fourth-order valence-corrected chi connectivity index (χ4v) is 3.24. The van der Waals surface area contributed by atoms with Crippen molar-refractivity contribution in [2.75, 3.05) is 6.61 Å². The maximum atomic E-state index is 13.2. The summed E-state index contributed by atoms with van der Waals surface area (Å²) in [7, 11) is 0. The molecule has 0 aliphatic rings. The minimum Gasteiger partial charge on any atom is -0.484 e. The number of carbonyl (C=O) groups excluding carboxylic acids is 1. The summed E-state index contributed by atoms with van der Waals surface area (Å²) < 4.78 is 18.7. The van der Waals surface area contributed by atoms with Crippen molar-refractivity contribution in [3.8, 4) is 11.8 Å². The molecule has 0 bridgehead atoms. The van der Waals surface area contributed by atoms with Gasteiger partial charge in [-0.25, -0.2) is 4.39 Å². The van der Waals surface area contributed by atoms with Crippen LogP contribution in [0.4, 0.5) is 4.39 Å². The lowest BCUT2D eigenvalue weighted by Crippen LogP contribution is -2.32. The third-order valence-corrected chi connectivity index (χ3v) is 4.61. The lowest BCUT2D eigenvalue weighted by atomic mass is 10.1. The number of nitriles is 1. The molecule has 1 aromatic heterocycles. The van der Waals surface area contributed by atoms with Gasteiger partial charge in [-0.3, -0.25) is 4.79 Å². The Bertz CT molecular complexity index is 918. The Hall–Kier alpha value is -3.17. The van der Waals surface area contributed by atoms with Gasteiger partial charge >= 0.3 is 0 Å². The molecule has 1 N–H and O–H groups in total. The van der Waals surface area contributed by atoms with Crippen molar-refractivity contribution in [2.24, 2.45) is 0 Å². The molecule has 3 aromatic rings. The highest BCUT2D eigenvalue weighted by atomic mass is 32.1. The predicted octanol–water partition coefficient (Wildman–Crippen LogP) is 4.04. The van der Waals surface area contributed by atoms with Gasteiger partial charge in [-0.1, -0.05) is 24.3 Å². The van der Waals surface area contributed by atoms with E-state index in [4.69, 9.17) is 10.00 Å². The van der Waals surface area contributed by atoms with Gasteiger partial charge in [-0.2, -0.15) is 5.26 Å². The van der Waals surface area contributed by atoms with E-state index in [0.29, 0.717) is 11.3 Å². The minimum atomic E-state index is -0.378. The van der Waals surface area contributed by atoms with Gasteiger partial charge in [-0.05, 0) is 47.3 Å². The molecule has 1 amide bonds. The summed E-state index contributed by atoms with van der Waals surface area (Å²) in [6.07, 6.45) is 0. The first-order chi connectivity index (χ1) is 12.7. The summed E-state index contributed by atoms with van der Waals surface area (Å²) in [5, 5.41) is 13.7. The first kappa shape index (κ1) is 17.6. The average molecular weight is 366 g/mol. The maximum Gasteiger partial charge on any atom is 0.258 e. The van der Waals surface area contributed by atoms with Crippen molar-refractivity contribution in [3.05, 3.63) is 87.9 Å². The van der Waals surface area contributed by atoms with Crippen molar-refractivity contribution < 1.29 is 13.9 Å². The molecule has 0 radical (unpaired) electrons. The molecule has 0 saturated carbocycles. The van der Waals surface area contributed by atoms with Crippen LogP contribution < -0.4 is 10.1 Å².